The summed E-state index contributed by atoms with van der Waals surface area (Å²) in [4.78, 5) is 16.2. The Morgan fingerprint density at radius 1 is 1.11 bits per heavy atom. The van der Waals surface area contributed by atoms with E-state index in [4.69, 9.17) is 11.6 Å². The summed E-state index contributed by atoms with van der Waals surface area (Å²) < 4.78 is 0. The molecule has 96 valence electrons. The Morgan fingerprint density at radius 3 is 2.39 bits per heavy atom. The molecular weight excluding hydrogens is 248 g/mol. The van der Waals surface area contributed by atoms with Crippen molar-refractivity contribution in [2.75, 3.05) is 31.1 Å². The van der Waals surface area contributed by atoms with Crippen LogP contribution in [0.15, 0.2) is 24.3 Å². The van der Waals surface area contributed by atoms with Crippen molar-refractivity contribution in [3.8, 4) is 0 Å². The molecule has 1 amide bonds. The molecule has 0 spiro atoms. The standard InChI is InChI=1S/C14H17ClN2O/c15-12-3-1-2-4-13(12)16-7-9-17(10-8-16)14(18)11-5-6-11/h1-4,11H,5-10H2. The van der Waals surface area contributed by atoms with E-state index in [1.54, 1.807) is 0 Å². The van der Waals surface area contributed by atoms with E-state index in [0.717, 1.165) is 49.7 Å². The monoisotopic (exact) mass is 264 g/mol. The average Bonchev–Trinajstić information content (AvgIpc) is 3.23. The molecule has 0 aromatic heterocycles. The summed E-state index contributed by atoms with van der Waals surface area (Å²) in [5.41, 5.74) is 1.08. The van der Waals surface area contributed by atoms with Crippen molar-refractivity contribution in [3.05, 3.63) is 29.3 Å². The van der Waals surface area contributed by atoms with Crippen LogP contribution in [-0.2, 0) is 4.79 Å². The Balaban J connectivity index is 1.63. The number of carbonyl (C=O) groups excluding carboxylic acids is 1. The van der Waals surface area contributed by atoms with Gasteiger partial charge in [-0.25, -0.2) is 0 Å². The van der Waals surface area contributed by atoms with Crippen LogP contribution in [0.5, 0.6) is 0 Å². The highest BCUT2D eigenvalue weighted by molar-refractivity contribution is 6.33. The van der Waals surface area contributed by atoms with E-state index in [9.17, 15) is 4.79 Å². The van der Waals surface area contributed by atoms with Crippen LogP contribution in [-0.4, -0.2) is 37.0 Å². The Hall–Kier alpha value is -1.22. The molecule has 2 aliphatic rings. The van der Waals surface area contributed by atoms with E-state index in [1.807, 2.05) is 29.2 Å². The molecule has 1 aromatic carbocycles. The SMILES string of the molecule is O=C(C1CC1)N1CCN(c2ccccc2Cl)CC1. The molecule has 1 aliphatic carbocycles. The van der Waals surface area contributed by atoms with Crippen molar-refractivity contribution in [2.24, 2.45) is 5.92 Å². The summed E-state index contributed by atoms with van der Waals surface area (Å²) in [7, 11) is 0. The predicted octanol–water partition coefficient (Wildman–Crippen LogP) is 2.40. The number of amides is 1. The zero-order valence-electron chi connectivity index (χ0n) is 10.3. The highest BCUT2D eigenvalue weighted by Crippen LogP contribution is 2.32. The van der Waals surface area contributed by atoms with Crippen molar-refractivity contribution < 1.29 is 4.79 Å². The van der Waals surface area contributed by atoms with Crippen LogP contribution in [0, 0.1) is 5.92 Å². The quantitative estimate of drug-likeness (QED) is 0.819. The fourth-order valence-corrected chi connectivity index (χ4v) is 2.72. The van der Waals surface area contributed by atoms with E-state index >= 15 is 0 Å². The van der Waals surface area contributed by atoms with Crippen LogP contribution in [0.2, 0.25) is 5.02 Å². The maximum atomic E-state index is 12.0. The number of carbonyl (C=O) groups is 1. The zero-order chi connectivity index (χ0) is 12.5. The number of nitrogens with zero attached hydrogens (tertiary/aromatic N) is 2. The van der Waals surface area contributed by atoms with Gasteiger partial charge in [0.25, 0.3) is 0 Å². The molecule has 0 radical (unpaired) electrons. The molecule has 0 N–H and O–H groups in total. The number of hydrogen-bond acceptors (Lipinski definition) is 2. The molecule has 1 aliphatic heterocycles. The van der Waals surface area contributed by atoms with Crippen molar-refractivity contribution >= 4 is 23.2 Å². The Morgan fingerprint density at radius 2 is 1.78 bits per heavy atom. The molecule has 3 nitrogen and oxygen atoms in total. The van der Waals surface area contributed by atoms with Gasteiger partial charge in [-0.3, -0.25) is 4.79 Å². The van der Waals surface area contributed by atoms with E-state index in [0.29, 0.717) is 11.8 Å². The maximum Gasteiger partial charge on any atom is 0.225 e. The number of rotatable bonds is 2. The third-order valence-corrected chi connectivity index (χ3v) is 4.03. The lowest BCUT2D eigenvalue weighted by atomic mass is 10.2. The van der Waals surface area contributed by atoms with Crippen LogP contribution in [0.25, 0.3) is 0 Å². The van der Waals surface area contributed by atoms with E-state index < -0.39 is 0 Å². The highest BCUT2D eigenvalue weighted by Gasteiger charge is 2.34. The number of benzene rings is 1. The molecule has 1 saturated carbocycles. The number of anilines is 1. The Bertz CT molecular complexity index is 451. The van der Waals surface area contributed by atoms with Crippen LogP contribution < -0.4 is 4.90 Å². The summed E-state index contributed by atoms with van der Waals surface area (Å²) in [6, 6.07) is 7.90. The molecule has 1 heterocycles. The summed E-state index contributed by atoms with van der Waals surface area (Å²) >= 11 is 6.19. The van der Waals surface area contributed by atoms with Crippen LogP contribution in [0.1, 0.15) is 12.8 Å². The number of piperazine rings is 1. The van der Waals surface area contributed by atoms with Gasteiger partial charge in [-0.2, -0.15) is 0 Å². The van der Waals surface area contributed by atoms with Gasteiger partial charge < -0.3 is 9.80 Å². The second-order valence-corrected chi connectivity index (χ2v) is 5.45. The zero-order valence-corrected chi connectivity index (χ0v) is 11.1. The first-order valence-electron chi connectivity index (χ1n) is 6.54. The second-order valence-electron chi connectivity index (χ2n) is 5.04. The minimum absolute atomic E-state index is 0.330. The maximum absolute atomic E-state index is 12.0. The number of hydrogen-bond donors (Lipinski definition) is 0. The van der Waals surface area contributed by atoms with Gasteiger partial charge in [-0.15, -0.1) is 0 Å². The van der Waals surface area contributed by atoms with E-state index in [2.05, 4.69) is 4.90 Å². The molecule has 1 saturated heterocycles. The van der Waals surface area contributed by atoms with Gasteiger partial charge in [0, 0.05) is 32.1 Å². The molecule has 0 atom stereocenters. The topological polar surface area (TPSA) is 23.6 Å². The minimum Gasteiger partial charge on any atom is -0.367 e. The highest BCUT2D eigenvalue weighted by atomic mass is 35.5. The van der Waals surface area contributed by atoms with Crippen molar-refractivity contribution in [1.29, 1.82) is 0 Å². The van der Waals surface area contributed by atoms with Gasteiger partial charge in [-0.1, -0.05) is 23.7 Å². The molecule has 2 fully saturated rings. The van der Waals surface area contributed by atoms with Crippen molar-refractivity contribution in [3.63, 3.8) is 0 Å². The molecule has 0 unspecified atom stereocenters. The average molecular weight is 265 g/mol. The molecule has 0 bridgehead atoms. The summed E-state index contributed by atoms with van der Waals surface area (Å²) in [5, 5.41) is 0.791. The van der Waals surface area contributed by atoms with E-state index in [-0.39, 0.29) is 0 Å². The third-order valence-electron chi connectivity index (χ3n) is 3.71. The first-order valence-corrected chi connectivity index (χ1v) is 6.92. The number of para-hydroxylation sites is 1. The Labute approximate surface area is 112 Å². The third kappa shape index (κ3) is 2.32. The fourth-order valence-electron chi connectivity index (χ4n) is 2.46. The first kappa shape index (κ1) is 11.8. The molecule has 18 heavy (non-hydrogen) atoms. The summed E-state index contributed by atoms with van der Waals surface area (Å²) in [6.45, 7) is 3.39. The van der Waals surface area contributed by atoms with Crippen molar-refractivity contribution in [2.45, 2.75) is 12.8 Å². The summed E-state index contributed by atoms with van der Waals surface area (Å²) in [5.74, 6) is 0.686. The van der Waals surface area contributed by atoms with Crippen LogP contribution in [0.3, 0.4) is 0 Å². The normalized spacial score (nSPS) is 20.1. The number of halogens is 1. The first-order chi connectivity index (χ1) is 8.75. The van der Waals surface area contributed by atoms with Gasteiger partial charge in [0.15, 0.2) is 0 Å². The fraction of sp³-hybridized carbons (Fsp3) is 0.500. The van der Waals surface area contributed by atoms with Gasteiger partial charge in [0.2, 0.25) is 5.91 Å². The minimum atomic E-state index is 0.330. The lowest BCUT2D eigenvalue weighted by Gasteiger charge is -2.36. The molecule has 4 heteroatoms. The van der Waals surface area contributed by atoms with Gasteiger partial charge in [0.1, 0.15) is 0 Å². The van der Waals surface area contributed by atoms with Gasteiger partial charge >= 0.3 is 0 Å². The van der Waals surface area contributed by atoms with Crippen LogP contribution in [0.4, 0.5) is 5.69 Å². The van der Waals surface area contributed by atoms with E-state index in [1.165, 1.54) is 0 Å². The predicted molar refractivity (Wildman–Crippen MR) is 73.0 cm³/mol. The van der Waals surface area contributed by atoms with Crippen molar-refractivity contribution in [1.82, 2.24) is 4.90 Å². The molecular formula is C14H17ClN2O. The lowest BCUT2D eigenvalue weighted by Crippen LogP contribution is -2.49. The van der Waals surface area contributed by atoms with Gasteiger partial charge in [0.05, 0.1) is 10.7 Å². The molecule has 3 rings (SSSR count). The summed E-state index contributed by atoms with van der Waals surface area (Å²) in [6.07, 6.45) is 2.17. The smallest absolute Gasteiger partial charge is 0.225 e. The molecule has 1 aromatic rings. The van der Waals surface area contributed by atoms with Gasteiger partial charge in [-0.05, 0) is 25.0 Å². The lowest BCUT2D eigenvalue weighted by molar-refractivity contribution is -0.132. The van der Waals surface area contributed by atoms with Crippen LogP contribution >= 0.6 is 11.6 Å². The second kappa shape index (κ2) is 4.81. The largest absolute Gasteiger partial charge is 0.367 e. The Kier molecular flexibility index (Phi) is 3.16.